The van der Waals surface area contributed by atoms with Gasteiger partial charge in [0, 0.05) is 50.4 Å². The van der Waals surface area contributed by atoms with Gasteiger partial charge in [-0.2, -0.15) is 0 Å². The van der Waals surface area contributed by atoms with Gasteiger partial charge in [0.1, 0.15) is 17.5 Å². The van der Waals surface area contributed by atoms with Crippen LogP contribution >= 0.6 is 0 Å². The minimum Gasteiger partial charge on any atom is -0.489 e. The number of alkyl halides is 2. The molecule has 1 unspecified atom stereocenters. The second-order valence-corrected chi connectivity index (χ2v) is 8.32. The van der Waals surface area contributed by atoms with Crippen LogP contribution in [0.5, 0.6) is 5.75 Å². The maximum Gasteiger partial charge on any atom is 0.272 e. The van der Waals surface area contributed by atoms with Crippen LogP contribution in [0, 0.1) is 0 Å². The van der Waals surface area contributed by atoms with Crippen LogP contribution in [0.2, 0.25) is 0 Å². The minimum atomic E-state index is -2.67. The molecule has 0 spiro atoms. The van der Waals surface area contributed by atoms with Crippen molar-refractivity contribution in [1.29, 1.82) is 0 Å². The highest BCUT2D eigenvalue weighted by molar-refractivity contribution is 5.95. The Hall–Kier alpha value is -2.28. The van der Waals surface area contributed by atoms with Gasteiger partial charge in [-0.25, -0.2) is 13.8 Å². The third-order valence-corrected chi connectivity index (χ3v) is 5.87. The molecule has 156 valence electrons. The summed E-state index contributed by atoms with van der Waals surface area (Å²) in [6, 6.07) is 9.69. The number of pyridine rings is 1. The summed E-state index contributed by atoms with van der Waals surface area (Å²) in [5.74, 6) is -2.16. The van der Waals surface area contributed by atoms with E-state index in [-0.39, 0.29) is 37.9 Å². The first-order valence-electron chi connectivity index (χ1n) is 10.3. The molecule has 7 heteroatoms. The summed E-state index contributed by atoms with van der Waals surface area (Å²) in [5.41, 5.74) is 0.987. The van der Waals surface area contributed by atoms with Crippen LogP contribution in [0.15, 0.2) is 30.3 Å². The molecule has 2 aliphatic rings. The summed E-state index contributed by atoms with van der Waals surface area (Å²) in [6.07, 6.45) is 0.614. The van der Waals surface area contributed by atoms with E-state index in [0.717, 1.165) is 30.6 Å². The molecule has 2 aromatic rings. The van der Waals surface area contributed by atoms with Gasteiger partial charge >= 0.3 is 0 Å². The molecule has 29 heavy (non-hydrogen) atoms. The van der Waals surface area contributed by atoms with Crippen LogP contribution in [-0.2, 0) is 0 Å². The first-order valence-corrected chi connectivity index (χ1v) is 10.3. The topological polar surface area (TPSA) is 45.7 Å². The molecule has 4 rings (SSSR count). The Morgan fingerprint density at radius 2 is 1.93 bits per heavy atom. The highest BCUT2D eigenvalue weighted by Gasteiger charge is 2.36. The molecule has 1 amide bonds. The molecule has 1 aromatic carbocycles. The molecule has 1 atom stereocenters. The number of carbonyl (C=O) groups is 1. The van der Waals surface area contributed by atoms with Gasteiger partial charge in [-0.15, -0.1) is 0 Å². The zero-order chi connectivity index (χ0) is 20.6. The monoisotopic (exact) mass is 403 g/mol. The number of rotatable bonds is 4. The fourth-order valence-corrected chi connectivity index (χ4v) is 4.01. The lowest BCUT2D eigenvalue weighted by atomic mass is 10.1. The van der Waals surface area contributed by atoms with E-state index in [2.05, 4.69) is 23.7 Å². The van der Waals surface area contributed by atoms with Crippen molar-refractivity contribution in [1.82, 2.24) is 14.8 Å². The number of halogens is 2. The van der Waals surface area contributed by atoms with Crippen LogP contribution in [-0.4, -0.2) is 64.9 Å². The number of carbonyl (C=O) groups excluding carboxylic acids is 1. The highest BCUT2D eigenvalue weighted by atomic mass is 19.3. The number of amides is 1. The zero-order valence-corrected chi connectivity index (χ0v) is 16.9. The number of piperidine rings is 1. The van der Waals surface area contributed by atoms with Crippen molar-refractivity contribution in [2.24, 2.45) is 0 Å². The largest absolute Gasteiger partial charge is 0.489 e. The molecule has 3 heterocycles. The van der Waals surface area contributed by atoms with E-state index in [1.54, 1.807) is 6.07 Å². The molecular formula is C22H27F2N3O2. The predicted octanol–water partition coefficient (Wildman–Crippen LogP) is 3.97. The second-order valence-electron chi connectivity index (χ2n) is 8.32. The van der Waals surface area contributed by atoms with Crippen molar-refractivity contribution in [3.8, 4) is 5.75 Å². The van der Waals surface area contributed by atoms with Gasteiger partial charge in [0.25, 0.3) is 11.8 Å². The summed E-state index contributed by atoms with van der Waals surface area (Å²) in [4.78, 5) is 20.9. The third-order valence-electron chi connectivity index (χ3n) is 5.87. The Morgan fingerprint density at radius 1 is 1.17 bits per heavy atom. The molecule has 0 bridgehead atoms. The molecule has 1 aromatic heterocycles. The first kappa shape index (κ1) is 20.0. The average molecular weight is 403 g/mol. The Balaban J connectivity index is 1.44. The maximum absolute atomic E-state index is 13.3. The lowest BCUT2D eigenvalue weighted by molar-refractivity contribution is -0.0495. The predicted molar refractivity (Wildman–Crippen MR) is 108 cm³/mol. The molecule has 2 aliphatic heterocycles. The molecule has 0 aliphatic carbocycles. The molecule has 5 nitrogen and oxygen atoms in total. The number of nitrogens with zero attached hydrogens (tertiary/aromatic N) is 3. The summed E-state index contributed by atoms with van der Waals surface area (Å²) >= 11 is 0. The quantitative estimate of drug-likeness (QED) is 0.775. The number of benzene rings is 1. The minimum absolute atomic E-state index is 0.0626. The fourth-order valence-electron chi connectivity index (χ4n) is 4.01. The van der Waals surface area contributed by atoms with Gasteiger partial charge in [0.2, 0.25) is 0 Å². The molecule has 0 saturated carbocycles. The van der Waals surface area contributed by atoms with E-state index >= 15 is 0 Å². The number of fused-ring (bicyclic) bond motifs is 1. The average Bonchev–Trinajstić information content (AvgIpc) is 3.16. The summed E-state index contributed by atoms with van der Waals surface area (Å²) < 4.78 is 32.8. The van der Waals surface area contributed by atoms with E-state index in [0.29, 0.717) is 17.3 Å². The van der Waals surface area contributed by atoms with Gasteiger partial charge in [0.05, 0.1) is 5.52 Å². The van der Waals surface area contributed by atoms with Crippen molar-refractivity contribution < 1.29 is 18.3 Å². The van der Waals surface area contributed by atoms with Crippen molar-refractivity contribution in [2.75, 3.05) is 26.2 Å². The van der Waals surface area contributed by atoms with Gasteiger partial charge in [-0.1, -0.05) is 6.07 Å². The number of hydrogen-bond acceptors (Lipinski definition) is 4. The first-order chi connectivity index (χ1) is 13.8. The SMILES string of the molecule is CC(C)N1CCC(Oc2ccc3nc(C(=O)N4CCC(F)(F)CC4)ccc3c2)C1. The van der Waals surface area contributed by atoms with E-state index in [1.807, 2.05) is 24.3 Å². The second kappa shape index (κ2) is 7.86. The van der Waals surface area contributed by atoms with E-state index in [4.69, 9.17) is 4.74 Å². The number of likely N-dealkylation sites (tertiary alicyclic amines) is 2. The molecular weight excluding hydrogens is 376 g/mol. The summed E-state index contributed by atoms with van der Waals surface area (Å²) in [5, 5.41) is 0.892. The van der Waals surface area contributed by atoms with Gasteiger partial charge in [-0.05, 0) is 44.5 Å². The van der Waals surface area contributed by atoms with Crippen molar-refractivity contribution in [2.45, 2.75) is 51.2 Å². The van der Waals surface area contributed by atoms with E-state index < -0.39 is 5.92 Å². The Morgan fingerprint density at radius 3 is 2.62 bits per heavy atom. The normalized spacial score (nSPS) is 22.4. The molecule has 0 N–H and O–H groups in total. The van der Waals surface area contributed by atoms with Crippen molar-refractivity contribution in [3.63, 3.8) is 0 Å². The number of ether oxygens (including phenoxy) is 1. The Kier molecular flexibility index (Phi) is 5.42. The molecule has 2 saturated heterocycles. The van der Waals surface area contributed by atoms with Crippen molar-refractivity contribution >= 4 is 16.8 Å². The van der Waals surface area contributed by atoms with Gasteiger partial charge in [0.15, 0.2) is 0 Å². The van der Waals surface area contributed by atoms with E-state index in [1.165, 1.54) is 4.90 Å². The van der Waals surface area contributed by atoms with Crippen LogP contribution in [0.1, 0.15) is 43.6 Å². The third kappa shape index (κ3) is 4.50. The van der Waals surface area contributed by atoms with Gasteiger partial charge in [-0.3, -0.25) is 9.69 Å². The fraction of sp³-hybridized carbons (Fsp3) is 0.545. The van der Waals surface area contributed by atoms with Crippen LogP contribution in [0.25, 0.3) is 10.9 Å². The lowest BCUT2D eigenvalue weighted by Crippen LogP contribution is -2.42. The van der Waals surface area contributed by atoms with Gasteiger partial charge < -0.3 is 9.64 Å². The zero-order valence-electron chi connectivity index (χ0n) is 16.9. The van der Waals surface area contributed by atoms with Crippen LogP contribution < -0.4 is 4.74 Å². The van der Waals surface area contributed by atoms with Crippen LogP contribution in [0.4, 0.5) is 8.78 Å². The number of aromatic nitrogens is 1. The van der Waals surface area contributed by atoms with Crippen LogP contribution in [0.3, 0.4) is 0 Å². The molecule has 2 fully saturated rings. The van der Waals surface area contributed by atoms with Crippen molar-refractivity contribution in [3.05, 3.63) is 36.0 Å². The summed E-state index contributed by atoms with van der Waals surface area (Å²) in [7, 11) is 0. The Bertz CT molecular complexity index is 893. The highest BCUT2D eigenvalue weighted by Crippen LogP contribution is 2.29. The van der Waals surface area contributed by atoms with E-state index in [9.17, 15) is 13.6 Å². The summed E-state index contributed by atoms with van der Waals surface area (Å²) in [6.45, 7) is 6.48. The number of hydrogen-bond donors (Lipinski definition) is 0. The lowest BCUT2D eigenvalue weighted by Gasteiger charge is -2.31. The standard InChI is InChI=1S/C22H27F2N3O2/c1-15(2)27-10-7-18(14-27)29-17-4-6-19-16(13-17)3-5-20(25-19)21(28)26-11-8-22(23,24)9-12-26/h3-6,13,15,18H,7-12,14H2,1-2H3. The Labute approximate surface area is 169 Å². The smallest absolute Gasteiger partial charge is 0.272 e. The molecule has 0 radical (unpaired) electrons. The maximum atomic E-state index is 13.3.